The van der Waals surface area contributed by atoms with Crippen molar-refractivity contribution in [3.05, 3.63) is 90.0 Å². The maximum absolute atomic E-state index is 14.0. The number of ether oxygens (including phenoxy) is 1. The second kappa shape index (κ2) is 13.8. The monoisotopic (exact) mass is 551 g/mol. The molecule has 208 valence electrons. The summed E-state index contributed by atoms with van der Waals surface area (Å²) in [6, 6.07) is 21.5. The first-order chi connectivity index (χ1) is 18.7. The zero-order chi connectivity index (χ0) is 28.4. The molecule has 1 atom stereocenters. The molecule has 0 aliphatic rings. The summed E-state index contributed by atoms with van der Waals surface area (Å²) in [5.41, 5.74) is 2.19. The molecule has 3 aromatic rings. The topological polar surface area (TPSA) is 96.0 Å². The highest BCUT2D eigenvalue weighted by molar-refractivity contribution is 7.92. The van der Waals surface area contributed by atoms with Gasteiger partial charge in [-0.25, -0.2) is 8.42 Å². The Morgan fingerprint density at radius 3 is 2.21 bits per heavy atom. The minimum Gasteiger partial charge on any atom is -0.494 e. The van der Waals surface area contributed by atoms with Crippen LogP contribution in [0, 0.1) is 6.92 Å². The molecule has 0 unspecified atom stereocenters. The zero-order valence-corrected chi connectivity index (χ0v) is 23.8. The average Bonchev–Trinajstić information content (AvgIpc) is 2.93. The van der Waals surface area contributed by atoms with Gasteiger partial charge < -0.3 is 15.0 Å². The highest BCUT2D eigenvalue weighted by Crippen LogP contribution is 2.27. The van der Waals surface area contributed by atoms with Crippen molar-refractivity contribution in [2.45, 2.75) is 51.6 Å². The summed E-state index contributed by atoms with van der Waals surface area (Å²) < 4.78 is 34.3. The van der Waals surface area contributed by atoms with Crippen LogP contribution >= 0.6 is 0 Å². The summed E-state index contributed by atoms with van der Waals surface area (Å²) in [5.74, 6) is -0.171. The molecule has 0 saturated carbocycles. The lowest BCUT2D eigenvalue weighted by molar-refractivity contribution is -0.140. The van der Waals surface area contributed by atoms with Crippen LogP contribution < -0.4 is 14.4 Å². The standard InChI is InChI=1S/C30H37N3O5S/c1-5-28(30(35)31-6-2)32(21-24-13-11-12-23(4)20-24)29(34)22-33(25-16-18-26(19-17-25)38-7-3)39(36,37)27-14-9-8-10-15-27/h8-20,28H,5-7,21-22H2,1-4H3,(H,31,35)/t28-/m1/s1. The molecule has 0 fully saturated rings. The molecule has 2 amide bonds. The number of carbonyl (C=O) groups is 2. The van der Waals surface area contributed by atoms with Gasteiger partial charge >= 0.3 is 0 Å². The van der Waals surface area contributed by atoms with Crippen LogP contribution in [0.25, 0.3) is 0 Å². The number of nitrogens with zero attached hydrogens (tertiary/aromatic N) is 2. The van der Waals surface area contributed by atoms with Crippen LogP contribution in [0.1, 0.15) is 38.3 Å². The van der Waals surface area contributed by atoms with Gasteiger partial charge in [-0.2, -0.15) is 0 Å². The van der Waals surface area contributed by atoms with Gasteiger partial charge in [-0.15, -0.1) is 0 Å². The molecule has 0 saturated heterocycles. The first kappa shape index (κ1) is 29.7. The molecule has 0 aliphatic heterocycles. The van der Waals surface area contributed by atoms with E-state index >= 15 is 0 Å². The summed E-state index contributed by atoms with van der Waals surface area (Å²) in [4.78, 5) is 28.5. The molecular formula is C30H37N3O5S. The van der Waals surface area contributed by atoms with E-state index in [-0.39, 0.29) is 17.3 Å². The Morgan fingerprint density at radius 2 is 1.62 bits per heavy atom. The number of amides is 2. The van der Waals surface area contributed by atoms with Gasteiger partial charge in [0.1, 0.15) is 18.3 Å². The van der Waals surface area contributed by atoms with E-state index in [0.29, 0.717) is 31.0 Å². The molecule has 0 bridgehead atoms. The maximum Gasteiger partial charge on any atom is 0.264 e. The van der Waals surface area contributed by atoms with Gasteiger partial charge in [-0.1, -0.05) is 55.0 Å². The zero-order valence-electron chi connectivity index (χ0n) is 23.0. The fourth-order valence-electron chi connectivity index (χ4n) is 4.34. The Kier molecular flexibility index (Phi) is 10.5. The average molecular weight is 552 g/mol. The van der Waals surface area contributed by atoms with E-state index < -0.39 is 28.5 Å². The van der Waals surface area contributed by atoms with Crippen molar-refractivity contribution in [3.8, 4) is 5.75 Å². The quantitative estimate of drug-likeness (QED) is 0.337. The number of rotatable bonds is 13. The van der Waals surface area contributed by atoms with Crippen LogP contribution in [0.4, 0.5) is 5.69 Å². The summed E-state index contributed by atoms with van der Waals surface area (Å²) in [6.45, 7) is 8.04. The van der Waals surface area contributed by atoms with Crippen molar-refractivity contribution in [2.24, 2.45) is 0 Å². The number of carbonyl (C=O) groups excluding carboxylic acids is 2. The summed E-state index contributed by atoms with van der Waals surface area (Å²) in [5, 5.41) is 2.81. The first-order valence-corrected chi connectivity index (χ1v) is 14.6. The van der Waals surface area contributed by atoms with Gasteiger partial charge in [0.15, 0.2) is 0 Å². The lowest BCUT2D eigenvalue weighted by Gasteiger charge is -2.33. The predicted octanol–water partition coefficient (Wildman–Crippen LogP) is 4.53. The van der Waals surface area contributed by atoms with Crippen LogP contribution in [0.15, 0.2) is 83.8 Å². The van der Waals surface area contributed by atoms with Crippen LogP contribution in [0.2, 0.25) is 0 Å². The molecule has 0 aromatic heterocycles. The molecule has 3 rings (SSSR count). The van der Waals surface area contributed by atoms with Crippen molar-refractivity contribution in [1.29, 1.82) is 0 Å². The Morgan fingerprint density at radius 1 is 0.923 bits per heavy atom. The number of hydrogen-bond acceptors (Lipinski definition) is 5. The van der Waals surface area contributed by atoms with Crippen LogP contribution in [0.3, 0.4) is 0 Å². The fourth-order valence-corrected chi connectivity index (χ4v) is 5.78. The molecule has 0 spiro atoms. The highest BCUT2D eigenvalue weighted by atomic mass is 32.2. The van der Waals surface area contributed by atoms with Gasteiger partial charge in [0.25, 0.3) is 10.0 Å². The molecule has 9 heteroatoms. The summed E-state index contributed by atoms with van der Waals surface area (Å²) in [6.07, 6.45) is 0.373. The molecule has 39 heavy (non-hydrogen) atoms. The normalized spacial score (nSPS) is 11.9. The number of hydrogen-bond donors (Lipinski definition) is 1. The minimum absolute atomic E-state index is 0.0627. The molecule has 3 aromatic carbocycles. The molecule has 0 heterocycles. The molecule has 0 radical (unpaired) electrons. The van der Waals surface area contributed by atoms with Crippen molar-refractivity contribution >= 4 is 27.5 Å². The summed E-state index contributed by atoms with van der Waals surface area (Å²) in [7, 11) is -4.11. The number of benzene rings is 3. The van der Waals surface area contributed by atoms with Crippen molar-refractivity contribution in [3.63, 3.8) is 0 Å². The molecule has 8 nitrogen and oxygen atoms in total. The highest BCUT2D eigenvalue weighted by Gasteiger charge is 2.33. The predicted molar refractivity (Wildman–Crippen MR) is 153 cm³/mol. The van der Waals surface area contributed by atoms with Gasteiger partial charge in [-0.3, -0.25) is 13.9 Å². The molecule has 0 aliphatic carbocycles. The third-order valence-electron chi connectivity index (χ3n) is 6.22. The lowest BCUT2D eigenvalue weighted by Crippen LogP contribution is -2.52. The Hall–Kier alpha value is -3.85. The Balaban J connectivity index is 2.05. The van der Waals surface area contributed by atoms with E-state index in [1.807, 2.05) is 52.0 Å². The smallest absolute Gasteiger partial charge is 0.264 e. The lowest BCUT2D eigenvalue weighted by atomic mass is 10.1. The van der Waals surface area contributed by atoms with E-state index in [9.17, 15) is 18.0 Å². The second-order valence-corrected chi connectivity index (χ2v) is 10.9. The SMILES string of the molecule is CCNC(=O)[C@@H](CC)N(Cc1cccc(C)c1)C(=O)CN(c1ccc(OCC)cc1)S(=O)(=O)c1ccccc1. The van der Waals surface area contributed by atoms with E-state index in [2.05, 4.69) is 5.32 Å². The van der Waals surface area contributed by atoms with Crippen LogP contribution in [0.5, 0.6) is 5.75 Å². The fraction of sp³-hybridized carbons (Fsp3) is 0.333. The minimum atomic E-state index is -4.11. The summed E-state index contributed by atoms with van der Waals surface area (Å²) >= 11 is 0. The number of sulfonamides is 1. The third kappa shape index (κ3) is 7.60. The third-order valence-corrected chi connectivity index (χ3v) is 8.01. The molecule has 1 N–H and O–H groups in total. The number of anilines is 1. The molecular weight excluding hydrogens is 514 g/mol. The first-order valence-electron chi connectivity index (χ1n) is 13.1. The van der Waals surface area contributed by atoms with Crippen molar-refractivity contribution < 1.29 is 22.7 Å². The van der Waals surface area contributed by atoms with Gasteiger partial charge in [0.05, 0.1) is 17.2 Å². The second-order valence-electron chi connectivity index (χ2n) is 9.08. The number of aryl methyl sites for hydroxylation is 1. The number of nitrogens with one attached hydrogen (secondary N) is 1. The largest absolute Gasteiger partial charge is 0.494 e. The Bertz CT molecular complexity index is 1340. The van der Waals surface area contributed by atoms with Crippen molar-refractivity contribution in [1.82, 2.24) is 10.2 Å². The van der Waals surface area contributed by atoms with Gasteiger partial charge in [0.2, 0.25) is 11.8 Å². The number of likely N-dealkylation sites (N-methyl/N-ethyl adjacent to an activating group) is 1. The van der Waals surface area contributed by atoms with E-state index in [1.54, 1.807) is 42.5 Å². The van der Waals surface area contributed by atoms with Crippen molar-refractivity contribution in [2.75, 3.05) is 24.0 Å². The van der Waals surface area contributed by atoms with Crippen LogP contribution in [-0.4, -0.2) is 50.9 Å². The van der Waals surface area contributed by atoms with E-state index in [1.165, 1.54) is 17.0 Å². The maximum atomic E-state index is 14.0. The van der Waals surface area contributed by atoms with Gasteiger partial charge in [-0.05, 0) is 69.2 Å². The Labute approximate surface area is 231 Å². The van der Waals surface area contributed by atoms with E-state index in [0.717, 1.165) is 15.4 Å². The van der Waals surface area contributed by atoms with Gasteiger partial charge in [0, 0.05) is 13.1 Å². The van der Waals surface area contributed by atoms with Crippen LogP contribution in [-0.2, 0) is 26.2 Å². The van der Waals surface area contributed by atoms with E-state index in [4.69, 9.17) is 4.74 Å².